The summed E-state index contributed by atoms with van der Waals surface area (Å²) < 4.78 is 3.40. The zero-order chi connectivity index (χ0) is 19.3. The molecule has 8 heteroatoms. The van der Waals surface area contributed by atoms with Gasteiger partial charge >= 0.3 is 0 Å². The van der Waals surface area contributed by atoms with Crippen LogP contribution in [0.25, 0.3) is 17.0 Å². The molecule has 28 heavy (non-hydrogen) atoms. The minimum atomic E-state index is -0.203. The first-order chi connectivity index (χ1) is 13.8. The fourth-order valence-electron chi connectivity index (χ4n) is 3.19. The highest BCUT2D eigenvalue weighted by Gasteiger charge is 2.16. The molecule has 4 aromatic rings. The molecule has 1 atom stereocenters. The Labute approximate surface area is 162 Å². The molecule has 0 bridgehead atoms. The molecule has 0 aliphatic carbocycles. The van der Waals surface area contributed by atoms with E-state index < -0.39 is 0 Å². The largest absolute Gasteiger partial charge is 0.351 e. The lowest BCUT2D eigenvalue weighted by Gasteiger charge is -2.16. The maximum Gasteiger partial charge on any atom is 0.270 e. The fourth-order valence-corrected chi connectivity index (χ4v) is 3.19. The van der Waals surface area contributed by atoms with E-state index in [1.807, 2.05) is 47.3 Å². The molecule has 0 fully saturated rings. The second-order valence-corrected chi connectivity index (χ2v) is 6.46. The summed E-state index contributed by atoms with van der Waals surface area (Å²) >= 11 is 0. The summed E-state index contributed by atoms with van der Waals surface area (Å²) in [5.41, 5.74) is 2.02. The fraction of sp³-hybridized carbons (Fsp3) is 0.250. The number of aromatic nitrogens is 6. The van der Waals surface area contributed by atoms with Crippen LogP contribution < -0.4 is 5.32 Å². The standard InChI is InChI=1S/C20H21N7O/c1-2-16(26-12-6-10-23-26)9-11-21-19(28)18-13-17(15-7-4-3-5-8-15)25-20-22-14-24-27(18)20/h3-8,10,12-14,16H,2,9,11H2,1H3,(H,21,28)/t16-/m0/s1. The number of hydrogen-bond acceptors (Lipinski definition) is 5. The Morgan fingerprint density at radius 2 is 2.04 bits per heavy atom. The summed E-state index contributed by atoms with van der Waals surface area (Å²) in [5.74, 6) is 0.194. The molecule has 8 nitrogen and oxygen atoms in total. The van der Waals surface area contributed by atoms with E-state index in [0.717, 1.165) is 18.4 Å². The molecule has 4 rings (SSSR count). The van der Waals surface area contributed by atoms with Crippen LogP contribution in [-0.2, 0) is 0 Å². The minimum Gasteiger partial charge on any atom is -0.351 e. The van der Waals surface area contributed by atoms with Gasteiger partial charge < -0.3 is 5.32 Å². The van der Waals surface area contributed by atoms with Crippen LogP contribution in [0.15, 0.2) is 61.2 Å². The molecule has 1 amide bonds. The third-order valence-electron chi connectivity index (χ3n) is 4.69. The number of carbonyl (C=O) groups is 1. The van der Waals surface area contributed by atoms with Crippen LogP contribution in [-0.4, -0.2) is 41.8 Å². The van der Waals surface area contributed by atoms with Crippen LogP contribution in [0.2, 0.25) is 0 Å². The molecule has 0 unspecified atom stereocenters. The highest BCUT2D eigenvalue weighted by molar-refractivity contribution is 5.94. The summed E-state index contributed by atoms with van der Waals surface area (Å²) in [4.78, 5) is 21.5. The zero-order valence-electron chi connectivity index (χ0n) is 15.6. The summed E-state index contributed by atoms with van der Waals surface area (Å²) in [6, 6.07) is 13.6. The average Bonchev–Trinajstić information content (AvgIpc) is 3.43. The van der Waals surface area contributed by atoms with Crippen molar-refractivity contribution in [1.82, 2.24) is 34.7 Å². The third kappa shape index (κ3) is 3.62. The van der Waals surface area contributed by atoms with E-state index in [4.69, 9.17) is 0 Å². The molecule has 3 heterocycles. The highest BCUT2D eigenvalue weighted by Crippen LogP contribution is 2.19. The average molecular weight is 375 g/mol. The van der Waals surface area contributed by atoms with Crippen molar-refractivity contribution >= 4 is 11.7 Å². The van der Waals surface area contributed by atoms with Crippen LogP contribution in [0.5, 0.6) is 0 Å². The van der Waals surface area contributed by atoms with Crippen LogP contribution in [0, 0.1) is 0 Å². The van der Waals surface area contributed by atoms with Gasteiger partial charge in [0.2, 0.25) is 0 Å². The first-order valence-electron chi connectivity index (χ1n) is 9.30. The van der Waals surface area contributed by atoms with Crippen LogP contribution in [0.1, 0.15) is 36.3 Å². The van der Waals surface area contributed by atoms with Gasteiger partial charge in [-0.25, -0.2) is 4.98 Å². The van der Waals surface area contributed by atoms with Crippen molar-refractivity contribution in [3.05, 3.63) is 66.9 Å². The third-order valence-corrected chi connectivity index (χ3v) is 4.69. The molecule has 0 radical (unpaired) electrons. The van der Waals surface area contributed by atoms with Gasteiger partial charge in [-0.1, -0.05) is 37.3 Å². The number of benzene rings is 1. The number of rotatable bonds is 7. The van der Waals surface area contributed by atoms with E-state index >= 15 is 0 Å². The Morgan fingerprint density at radius 3 is 2.79 bits per heavy atom. The maximum absolute atomic E-state index is 12.8. The smallest absolute Gasteiger partial charge is 0.270 e. The number of carbonyl (C=O) groups excluding carboxylic acids is 1. The number of fused-ring (bicyclic) bond motifs is 1. The first-order valence-corrected chi connectivity index (χ1v) is 9.30. The summed E-state index contributed by atoms with van der Waals surface area (Å²) in [7, 11) is 0. The quantitative estimate of drug-likeness (QED) is 0.536. The van der Waals surface area contributed by atoms with Crippen LogP contribution >= 0.6 is 0 Å². The molecule has 0 saturated heterocycles. The Kier molecular flexibility index (Phi) is 5.09. The van der Waals surface area contributed by atoms with E-state index in [1.54, 1.807) is 12.3 Å². The zero-order valence-corrected chi connectivity index (χ0v) is 15.6. The van der Waals surface area contributed by atoms with Gasteiger partial charge in [-0.3, -0.25) is 9.48 Å². The lowest BCUT2D eigenvalue weighted by Crippen LogP contribution is -2.28. The van der Waals surface area contributed by atoms with Crippen LogP contribution in [0.4, 0.5) is 0 Å². The van der Waals surface area contributed by atoms with Crippen molar-refractivity contribution in [2.75, 3.05) is 6.54 Å². The summed E-state index contributed by atoms with van der Waals surface area (Å²) in [6.07, 6.45) is 6.85. The lowest BCUT2D eigenvalue weighted by molar-refractivity contribution is 0.0943. The van der Waals surface area contributed by atoms with E-state index in [-0.39, 0.29) is 11.9 Å². The molecule has 0 saturated carbocycles. The molecule has 0 spiro atoms. The van der Waals surface area contributed by atoms with Crippen molar-refractivity contribution in [3.8, 4) is 11.3 Å². The second kappa shape index (κ2) is 7.99. The van der Waals surface area contributed by atoms with Crippen molar-refractivity contribution in [2.24, 2.45) is 0 Å². The van der Waals surface area contributed by atoms with Gasteiger partial charge in [-0.15, -0.1) is 0 Å². The SMILES string of the molecule is CC[C@@H](CCNC(=O)c1cc(-c2ccccc2)nc2ncnn12)n1cccn1. The Hall–Kier alpha value is -3.55. The Bertz CT molecular complexity index is 1060. The number of amides is 1. The van der Waals surface area contributed by atoms with E-state index in [0.29, 0.717) is 23.7 Å². The Balaban J connectivity index is 1.53. The van der Waals surface area contributed by atoms with Gasteiger partial charge in [-0.2, -0.15) is 19.7 Å². The Morgan fingerprint density at radius 1 is 1.18 bits per heavy atom. The molecular formula is C20H21N7O. The number of hydrogen-bond donors (Lipinski definition) is 1. The van der Waals surface area contributed by atoms with E-state index in [9.17, 15) is 4.79 Å². The van der Waals surface area contributed by atoms with Crippen molar-refractivity contribution < 1.29 is 4.79 Å². The van der Waals surface area contributed by atoms with Crippen molar-refractivity contribution in [2.45, 2.75) is 25.8 Å². The normalized spacial score (nSPS) is 12.2. The van der Waals surface area contributed by atoms with E-state index in [2.05, 4.69) is 32.4 Å². The second-order valence-electron chi connectivity index (χ2n) is 6.46. The van der Waals surface area contributed by atoms with Gasteiger partial charge in [-0.05, 0) is 25.0 Å². The summed E-state index contributed by atoms with van der Waals surface area (Å²) in [6.45, 7) is 2.65. The number of nitrogens with zero attached hydrogens (tertiary/aromatic N) is 6. The van der Waals surface area contributed by atoms with E-state index in [1.165, 1.54) is 10.8 Å². The van der Waals surface area contributed by atoms with Gasteiger partial charge in [0.1, 0.15) is 12.0 Å². The molecule has 142 valence electrons. The van der Waals surface area contributed by atoms with Gasteiger partial charge in [0.05, 0.1) is 11.7 Å². The predicted molar refractivity (Wildman–Crippen MR) is 105 cm³/mol. The van der Waals surface area contributed by atoms with Gasteiger partial charge in [0.15, 0.2) is 0 Å². The molecule has 0 aliphatic heterocycles. The topological polar surface area (TPSA) is 90.0 Å². The summed E-state index contributed by atoms with van der Waals surface area (Å²) in [5, 5.41) is 11.4. The molecule has 1 N–H and O–H groups in total. The molecule has 3 aromatic heterocycles. The monoisotopic (exact) mass is 375 g/mol. The minimum absolute atomic E-state index is 0.203. The van der Waals surface area contributed by atoms with Gasteiger partial charge in [0.25, 0.3) is 11.7 Å². The van der Waals surface area contributed by atoms with Crippen molar-refractivity contribution in [3.63, 3.8) is 0 Å². The predicted octanol–water partition coefficient (Wildman–Crippen LogP) is 2.76. The lowest BCUT2D eigenvalue weighted by atomic mass is 10.1. The first kappa shape index (κ1) is 17.8. The molecule has 0 aliphatic rings. The molecule has 1 aromatic carbocycles. The molecular weight excluding hydrogens is 354 g/mol. The highest BCUT2D eigenvalue weighted by atomic mass is 16.2. The van der Waals surface area contributed by atoms with Crippen molar-refractivity contribution in [1.29, 1.82) is 0 Å². The van der Waals surface area contributed by atoms with Gasteiger partial charge in [0, 0.05) is 24.5 Å². The number of nitrogens with one attached hydrogen (secondary N) is 1. The van der Waals surface area contributed by atoms with Crippen LogP contribution in [0.3, 0.4) is 0 Å². The maximum atomic E-state index is 12.8.